The number of benzene rings is 1. The molecule has 0 saturated carbocycles. The average molecular weight is 240 g/mol. The molecule has 0 aliphatic carbocycles. The van der Waals surface area contributed by atoms with Crippen molar-refractivity contribution in [2.75, 3.05) is 0 Å². The fourth-order valence-electron chi connectivity index (χ4n) is 1.65. The van der Waals surface area contributed by atoms with E-state index in [0.717, 1.165) is 5.69 Å². The van der Waals surface area contributed by atoms with Gasteiger partial charge in [0.2, 0.25) is 0 Å². The number of halogens is 1. The molecule has 1 unspecified atom stereocenters. The maximum atomic E-state index is 13.4. The van der Waals surface area contributed by atoms with Crippen molar-refractivity contribution >= 4 is 0 Å². The lowest BCUT2D eigenvalue weighted by molar-refractivity contribution is 0.569. The van der Waals surface area contributed by atoms with Crippen LogP contribution in [0.15, 0.2) is 48.7 Å². The molecule has 0 fully saturated rings. The van der Waals surface area contributed by atoms with E-state index < -0.39 is 0 Å². The van der Waals surface area contributed by atoms with Gasteiger partial charge in [0.15, 0.2) is 0 Å². The predicted molar refractivity (Wildman–Crippen MR) is 69.1 cm³/mol. The molecule has 1 aromatic heterocycles. The van der Waals surface area contributed by atoms with Crippen LogP contribution in [-0.2, 0) is 6.54 Å². The number of rotatable bonds is 4. The van der Waals surface area contributed by atoms with Gasteiger partial charge in [-0.1, -0.05) is 30.2 Å². The molecule has 0 radical (unpaired) electrons. The van der Waals surface area contributed by atoms with Crippen molar-refractivity contribution in [1.82, 2.24) is 10.3 Å². The Hall–Kier alpha value is -2.18. The van der Waals surface area contributed by atoms with Gasteiger partial charge in [0.1, 0.15) is 11.9 Å². The number of aromatic nitrogens is 1. The minimum Gasteiger partial charge on any atom is -0.294 e. The highest BCUT2D eigenvalue weighted by Crippen LogP contribution is 2.11. The normalized spacial score (nSPS) is 11.8. The van der Waals surface area contributed by atoms with E-state index >= 15 is 0 Å². The van der Waals surface area contributed by atoms with Gasteiger partial charge in [0.05, 0.1) is 5.69 Å². The Morgan fingerprint density at radius 2 is 2.00 bits per heavy atom. The molecule has 0 saturated heterocycles. The fraction of sp³-hybridized carbons (Fsp3) is 0.133. The number of pyridine rings is 1. The highest BCUT2D eigenvalue weighted by molar-refractivity contribution is 5.21. The Kier molecular flexibility index (Phi) is 4.06. The molecule has 0 amide bonds. The van der Waals surface area contributed by atoms with E-state index in [2.05, 4.69) is 16.2 Å². The highest BCUT2D eigenvalue weighted by atomic mass is 19.1. The number of terminal acetylenes is 1. The Morgan fingerprint density at radius 1 is 1.22 bits per heavy atom. The number of nitrogens with zero attached hydrogens (tertiary/aromatic N) is 1. The number of hydrogen-bond acceptors (Lipinski definition) is 2. The van der Waals surface area contributed by atoms with E-state index in [4.69, 9.17) is 6.42 Å². The molecule has 2 nitrogen and oxygen atoms in total. The van der Waals surface area contributed by atoms with Crippen LogP contribution in [-0.4, -0.2) is 4.98 Å². The minimum atomic E-state index is -0.314. The van der Waals surface area contributed by atoms with Gasteiger partial charge in [0, 0.05) is 18.3 Å². The van der Waals surface area contributed by atoms with Gasteiger partial charge in [-0.15, -0.1) is 6.42 Å². The van der Waals surface area contributed by atoms with Gasteiger partial charge < -0.3 is 0 Å². The van der Waals surface area contributed by atoms with E-state index in [1.54, 1.807) is 24.4 Å². The first-order valence-corrected chi connectivity index (χ1v) is 5.65. The van der Waals surface area contributed by atoms with E-state index in [1.165, 1.54) is 6.07 Å². The first-order chi connectivity index (χ1) is 8.81. The molecular formula is C15H13FN2. The first-order valence-electron chi connectivity index (χ1n) is 5.65. The number of hydrogen-bond donors (Lipinski definition) is 1. The smallest absolute Gasteiger partial charge is 0.127 e. The van der Waals surface area contributed by atoms with E-state index in [9.17, 15) is 4.39 Å². The van der Waals surface area contributed by atoms with Gasteiger partial charge in [-0.3, -0.25) is 10.3 Å². The third-order valence-electron chi connectivity index (χ3n) is 2.60. The Morgan fingerprint density at radius 3 is 2.67 bits per heavy atom. The molecule has 2 rings (SSSR count). The van der Waals surface area contributed by atoms with Gasteiger partial charge >= 0.3 is 0 Å². The van der Waals surface area contributed by atoms with Crippen LogP contribution in [0.4, 0.5) is 4.39 Å². The molecule has 1 N–H and O–H groups in total. The van der Waals surface area contributed by atoms with E-state index in [-0.39, 0.29) is 11.9 Å². The van der Waals surface area contributed by atoms with Crippen molar-refractivity contribution < 1.29 is 4.39 Å². The maximum Gasteiger partial charge on any atom is 0.127 e. The molecule has 3 heteroatoms. The molecule has 0 aliphatic heterocycles. The summed E-state index contributed by atoms with van der Waals surface area (Å²) in [7, 11) is 0. The van der Waals surface area contributed by atoms with Crippen LogP contribution in [0, 0.1) is 18.2 Å². The van der Waals surface area contributed by atoms with E-state index in [0.29, 0.717) is 12.1 Å². The molecule has 1 heterocycles. The van der Waals surface area contributed by atoms with Gasteiger partial charge in [0.25, 0.3) is 0 Å². The SMILES string of the molecule is C#CC(NCc1ccccc1F)c1ccccn1. The minimum absolute atomic E-state index is 0.234. The molecule has 0 spiro atoms. The van der Waals surface area contributed by atoms with E-state index in [1.807, 2.05) is 18.2 Å². The summed E-state index contributed by atoms with van der Waals surface area (Å²) >= 11 is 0. The van der Waals surface area contributed by atoms with Crippen LogP contribution in [0.3, 0.4) is 0 Å². The summed E-state index contributed by atoms with van der Waals surface area (Å²) in [6.45, 7) is 0.373. The number of nitrogens with one attached hydrogen (secondary N) is 1. The van der Waals surface area contributed by atoms with Crippen molar-refractivity contribution in [3.63, 3.8) is 0 Å². The van der Waals surface area contributed by atoms with Crippen LogP contribution in [0.5, 0.6) is 0 Å². The summed E-state index contributed by atoms with van der Waals surface area (Å²) in [6, 6.07) is 11.9. The predicted octanol–water partition coefficient (Wildman–Crippen LogP) is 2.68. The summed E-state index contributed by atoms with van der Waals surface area (Å²) in [5.74, 6) is 2.38. The summed E-state index contributed by atoms with van der Waals surface area (Å²) in [5.41, 5.74) is 1.35. The maximum absolute atomic E-state index is 13.4. The second-order valence-electron chi connectivity index (χ2n) is 3.83. The van der Waals surface area contributed by atoms with Crippen molar-refractivity contribution in [3.05, 3.63) is 65.7 Å². The zero-order valence-electron chi connectivity index (χ0n) is 9.81. The Labute approximate surface area is 106 Å². The zero-order chi connectivity index (χ0) is 12.8. The molecule has 1 aromatic carbocycles. The van der Waals surface area contributed by atoms with Crippen LogP contribution >= 0.6 is 0 Å². The van der Waals surface area contributed by atoms with Crippen molar-refractivity contribution in [2.24, 2.45) is 0 Å². The lowest BCUT2D eigenvalue weighted by atomic mass is 10.1. The first kappa shape index (κ1) is 12.3. The molecular weight excluding hydrogens is 227 g/mol. The molecule has 90 valence electrons. The topological polar surface area (TPSA) is 24.9 Å². The molecule has 18 heavy (non-hydrogen) atoms. The lowest BCUT2D eigenvalue weighted by Gasteiger charge is -2.12. The fourth-order valence-corrected chi connectivity index (χ4v) is 1.65. The second-order valence-corrected chi connectivity index (χ2v) is 3.83. The Balaban J connectivity index is 2.05. The monoisotopic (exact) mass is 240 g/mol. The molecule has 0 aliphatic rings. The third kappa shape index (κ3) is 2.93. The van der Waals surface area contributed by atoms with Gasteiger partial charge in [-0.2, -0.15) is 0 Å². The van der Waals surface area contributed by atoms with Gasteiger partial charge in [-0.25, -0.2) is 4.39 Å². The lowest BCUT2D eigenvalue weighted by Crippen LogP contribution is -2.20. The molecule has 0 bridgehead atoms. The Bertz CT molecular complexity index is 546. The summed E-state index contributed by atoms with van der Waals surface area (Å²) in [4.78, 5) is 4.19. The average Bonchev–Trinajstić information content (AvgIpc) is 2.42. The van der Waals surface area contributed by atoms with Crippen LogP contribution in [0.25, 0.3) is 0 Å². The van der Waals surface area contributed by atoms with Crippen molar-refractivity contribution in [1.29, 1.82) is 0 Å². The highest BCUT2D eigenvalue weighted by Gasteiger charge is 2.09. The van der Waals surface area contributed by atoms with Crippen molar-refractivity contribution in [3.8, 4) is 12.3 Å². The van der Waals surface area contributed by atoms with Gasteiger partial charge in [-0.05, 0) is 18.2 Å². The summed E-state index contributed by atoms with van der Waals surface area (Å²) in [6.07, 6.45) is 7.15. The standard InChI is InChI=1S/C15H13FN2/c1-2-14(15-9-5-6-10-17-15)18-11-12-7-3-4-8-13(12)16/h1,3-10,14,18H,11H2. The zero-order valence-corrected chi connectivity index (χ0v) is 9.81. The second kappa shape index (κ2) is 5.95. The summed E-state index contributed by atoms with van der Waals surface area (Å²) < 4.78 is 13.4. The quantitative estimate of drug-likeness (QED) is 0.831. The van der Waals surface area contributed by atoms with Crippen LogP contribution in [0.2, 0.25) is 0 Å². The van der Waals surface area contributed by atoms with Crippen LogP contribution in [0.1, 0.15) is 17.3 Å². The molecule has 2 aromatic rings. The largest absolute Gasteiger partial charge is 0.294 e. The van der Waals surface area contributed by atoms with Crippen molar-refractivity contribution in [2.45, 2.75) is 12.6 Å². The van der Waals surface area contributed by atoms with Crippen LogP contribution < -0.4 is 5.32 Å². The summed E-state index contributed by atoms with van der Waals surface area (Å²) in [5, 5.41) is 3.10. The molecule has 1 atom stereocenters. The third-order valence-corrected chi connectivity index (χ3v) is 2.60.